The largest absolute Gasteiger partial charge is 0.298 e. The molecule has 0 bridgehead atoms. The van der Waals surface area contributed by atoms with Crippen molar-refractivity contribution in [1.29, 1.82) is 0 Å². The van der Waals surface area contributed by atoms with Crippen LogP contribution in [0.15, 0.2) is 83.3 Å². The van der Waals surface area contributed by atoms with Gasteiger partial charge in [-0.25, -0.2) is 4.98 Å². The fraction of sp³-hybridized carbons (Fsp3) is 0.0500. The summed E-state index contributed by atoms with van der Waals surface area (Å²) in [5, 5.41) is 4.24. The van der Waals surface area contributed by atoms with Crippen LogP contribution in [0.25, 0.3) is 16.8 Å². The van der Waals surface area contributed by atoms with Gasteiger partial charge in [-0.1, -0.05) is 29.8 Å². The van der Waals surface area contributed by atoms with Gasteiger partial charge in [-0.05, 0) is 30.3 Å². The Morgan fingerprint density at radius 2 is 1.90 bits per heavy atom. The average Bonchev–Trinajstić information content (AvgIpc) is 3.15. The highest BCUT2D eigenvalue weighted by Gasteiger charge is 2.22. The van der Waals surface area contributed by atoms with Crippen LogP contribution < -0.4 is 0 Å². The fourth-order valence-electron chi connectivity index (χ4n) is 2.80. The van der Waals surface area contributed by atoms with Gasteiger partial charge < -0.3 is 0 Å². The van der Waals surface area contributed by atoms with Crippen molar-refractivity contribution in [2.75, 3.05) is 7.05 Å². The molecule has 29 heavy (non-hydrogen) atoms. The van der Waals surface area contributed by atoms with Gasteiger partial charge in [0.2, 0.25) is 0 Å². The summed E-state index contributed by atoms with van der Waals surface area (Å²) >= 11 is 6.03. The van der Waals surface area contributed by atoms with Crippen molar-refractivity contribution in [1.82, 2.24) is 18.8 Å². The van der Waals surface area contributed by atoms with E-state index in [9.17, 15) is 8.42 Å². The summed E-state index contributed by atoms with van der Waals surface area (Å²) in [6.07, 6.45) is 8.47. The normalized spacial score (nSPS) is 11.9. The summed E-state index contributed by atoms with van der Waals surface area (Å²) in [5.41, 5.74) is 3.27. The van der Waals surface area contributed by atoms with Gasteiger partial charge in [0, 0.05) is 36.8 Å². The van der Waals surface area contributed by atoms with E-state index < -0.39 is 10.0 Å². The first-order chi connectivity index (χ1) is 14.0. The lowest BCUT2D eigenvalue weighted by Crippen LogP contribution is -2.22. The topological polar surface area (TPSA) is 79.9 Å². The second kappa shape index (κ2) is 7.65. The summed E-state index contributed by atoms with van der Waals surface area (Å²) in [7, 11) is -2.50. The van der Waals surface area contributed by atoms with Crippen LogP contribution in [0, 0.1) is 0 Å². The molecule has 0 aliphatic carbocycles. The SMILES string of the molecule is CN(/N=C/c1cnc2ccc(-c3cccnc3)cn12)S(=O)(=O)c1ccccc1Cl. The Kier molecular flexibility index (Phi) is 5.04. The third-order valence-corrected chi connectivity index (χ3v) is 6.49. The molecule has 3 heterocycles. The second-order valence-electron chi connectivity index (χ2n) is 6.19. The maximum Gasteiger partial charge on any atom is 0.280 e. The van der Waals surface area contributed by atoms with Gasteiger partial charge in [0.05, 0.1) is 23.1 Å². The predicted octanol–water partition coefficient (Wildman–Crippen LogP) is 3.70. The van der Waals surface area contributed by atoms with Crippen molar-refractivity contribution >= 4 is 33.5 Å². The van der Waals surface area contributed by atoms with Crippen LogP contribution in [0.4, 0.5) is 0 Å². The van der Waals surface area contributed by atoms with E-state index in [2.05, 4.69) is 15.1 Å². The van der Waals surface area contributed by atoms with E-state index in [1.807, 2.05) is 34.9 Å². The number of pyridine rings is 2. The maximum atomic E-state index is 12.7. The molecule has 0 aliphatic heterocycles. The molecule has 4 aromatic rings. The lowest BCUT2D eigenvalue weighted by Gasteiger charge is -2.14. The highest BCUT2D eigenvalue weighted by Crippen LogP contribution is 2.24. The van der Waals surface area contributed by atoms with Gasteiger partial charge >= 0.3 is 0 Å². The third-order valence-electron chi connectivity index (χ3n) is 4.34. The number of sulfonamides is 1. The van der Waals surface area contributed by atoms with Gasteiger partial charge in [0.1, 0.15) is 10.5 Å². The van der Waals surface area contributed by atoms with E-state index in [0.717, 1.165) is 21.2 Å². The first-order valence-corrected chi connectivity index (χ1v) is 10.4. The Morgan fingerprint density at radius 1 is 1.07 bits per heavy atom. The van der Waals surface area contributed by atoms with E-state index in [1.54, 1.807) is 30.7 Å². The van der Waals surface area contributed by atoms with E-state index in [0.29, 0.717) is 5.69 Å². The van der Waals surface area contributed by atoms with Crippen molar-refractivity contribution in [2.45, 2.75) is 4.90 Å². The molecular weight excluding hydrogens is 410 g/mol. The molecule has 9 heteroatoms. The van der Waals surface area contributed by atoms with Crippen LogP contribution >= 0.6 is 11.6 Å². The lowest BCUT2D eigenvalue weighted by atomic mass is 10.1. The molecule has 0 atom stereocenters. The van der Waals surface area contributed by atoms with Crippen molar-refractivity contribution in [3.05, 3.63) is 84.0 Å². The summed E-state index contributed by atoms with van der Waals surface area (Å²) in [5.74, 6) is 0. The Labute approximate surface area is 173 Å². The zero-order chi connectivity index (χ0) is 20.4. The molecule has 0 N–H and O–H groups in total. The molecule has 0 radical (unpaired) electrons. The van der Waals surface area contributed by atoms with E-state index in [4.69, 9.17) is 11.6 Å². The molecule has 146 valence electrons. The zero-order valence-electron chi connectivity index (χ0n) is 15.3. The molecular formula is C20H16ClN5O2S. The molecule has 0 unspecified atom stereocenters. The Morgan fingerprint density at radius 3 is 2.66 bits per heavy atom. The quantitative estimate of drug-likeness (QED) is 0.360. The summed E-state index contributed by atoms with van der Waals surface area (Å²) in [6.45, 7) is 0. The van der Waals surface area contributed by atoms with Crippen LogP contribution in [0.2, 0.25) is 5.02 Å². The molecule has 7 nitrogen and oxygen atoms in total. The Hall–Kier alpha value is -3.23. The third kappa shape index (κ3) is 3.72. The number of nitrogens with zero attached hydrogens (tertiary/aromatic N) is 5. The summed E-state index contributed by atoms with van der Waals surface area (Å²) in [6, 6.07) is 13.9. The molecule has 0 amide bonds. The second-order valence-corrected chi connectivity index (χ2v) is 8.51. The first-order valence-electron chi connectivity index (χ1n) is 8.62. The van der Waals surface area contributed by atoms with Crippen LogP contribution in [-0.2, 0) is 10.0 Å². The highest BCUT2D eigenvalue weighted by molar-refractivity contribution is 7.89. The van der Waals surface area contributed by atoms with Gasteiger partial charge in [-0.2, -0.15) is 17.9 Å². The van der Waals surface area contributed by atoms with E-state index in [-0.39, 0.29) is 9.92 Å². The predicted molar refractivity (Wildman–Crippen MR) is 112 cm³/mol. The van der Waals surface area contributed by atoms with E-state index >= 15 is 0 Å². The minimum atomic E-state index is -3.86. The summed E-state index contributed by atoms with van der Waals surface area (Å²) < 4.78 is 28.1. The molecule has 3 aromatic heterocycles. The van der Waals surface area contributed by atoms with Crippen LogP contribution in [0.1, 0.15) is 5.69 Å². The lowest BCUT2D eigenvalue weighted by molar-refractivity contribution is 0.491. The molecule has 0 fully saturated rings. The van der Waals surface area contributed by atoms with Crippen molar-refractivity contribution in [3.8, 4) is 11.1 Å². The Balaban J connectivity index is 1.67. The number of hydrogen-bond acceptors (Lipinski definition) is 5. The fourth-order valence-corrected chi connectivity index (χ4v) is 4.25. The monoisotopic (exact) mass is 425 g/mol. The minimum absolute atomic E-state index is 0.00155. The van der Waals surface area contributed by atoms with E-state index in [1.165, 1.54) is 25.4 Å². The molecule has 4 rings (SSSR count). The number of fused-ring (bicyclic) bond motifs is 1. The maximum absolute atomic E-state index is 12.7. The molecule has 0 spiro atoms. The minimum Gasteiger partial charge on any atom is -0.298 e. The summed E-state index contributed by atoms with van der Waals surface area (Å²) in [4.78, 5) is 8.47. The number of benzene rings is 1. The number of rotatable bonds is 5. The first kappa shape index (κ1) is 19.1. The number of aromatic nitrogens is 3. The Bertz CT molecular complexity index is 1300. The van der Waals surface area contributed by atoms with Crippen LogP contribution in [0.5, 0.6) is 0 Å². The smallest absolute Gasteiger partial charge is 0.280 e. The van der Waals surface area contributed by atoms with Gasteiger partial charge in [-0.15, -0.1) is 0 Å². The van der Waals surface area contributed by atoms with Crippen molar-refractivity contribution < 1.29 is 8.42 Å². The van der Waals surface area contributed by atoms with Crippen LogP contribution in [0.3, 0.4) is 0 Å². The number of hydrogen-bond donors (Lipinski definition) is 0. The van der Waals surface area contributed by atoms with Gasteiger partial charge in [0.15, 0.2) is 0 Å². The van der Waals surface area contributed by atoms with Gasteiger partial charge in [-0.3, -0.25) is 9.38 Å². The van der Waals surface area contributed by atoms with Crippen molar-refractivity contribution in [3.63, 3.8) is 0 Å². The van der Waals surface area contributed by atoms with Gasteiger partial charge in [0.25, 0.3) is 10.0 Å². The molecule has 0 saturated carbocycles. The molecule has 0 saturated heterocycles. The van der Waals surface area contributed by atoms with Crippen molar-refractivity contribution in [2.24, 2.45) is 5.10 Å². The number of imidazole rings is 1. The molecule has 0 aliphatic rings. The average molecular weight is 426 g/mol. The number of hydrazone groups is 1. The standard InChI is InChI=1S/C20H16ClN5O2S/c1-25(29(27,28)19-7-3-2-6-18(19)21)24-13-17-12-23-20-9-8-16(14-26(17)20)15-5-4-10-22-11-15/h2-14H,1H3/b24-13+. The van der Waals surface area contributed by atoms with Crippen LogP contribution in [-0.4, -0.2) is 40.5 Å². The number of halogens is 1. The zero-order valence-corrected chi connectivity index (χ0v) is 16.9. The highest BCUT2D eigenvalue weighted by atomic mass is 35.5. The molecule has 1 aromatic carbocycles.